The Morgan fingerprint density at radius 1 is 1.20 bits per heavy atom. The minimum Gasteiger partial charge on any atom is -0.342 e. The molecule has 0 saturated carbocycles. The third-order valence-electron chi connectivity index (χ3n) is 3.06. The van der Waals surface area contributed by atoms with E-state index in [1.165, 1.54) is 0 Å². The molecule has 2 atom stereocenters. The molecule has 1 aliphatic heterocycles. The van der Waals surface area contributed by atoms with Crippen molar-refractivity contribution in [3.8, 4) is 0 Å². The average Bonchev–Trinajstić information content (AvgIpc) is 2.42. The Kier molecular flexibility index (Phi) is 4.59. The molecule has 7 heteroatoms. The molecule has 0 bridgehead atoms. The number of piperazine rings is 1. The molecular weight excluding hydrogens is 286 g/mol. The van der Waals surface area contributed by atoms with Crippen molar-refractivity contribution in [2.24, 2.45) is 0 Å². The SMILES string of the molecule is CSCC[C@@H]1NC(=O)C(c2cc(F)ccc2F)NC1=O. The molecule has 1 aromatic rings. The molecule has 0 spiro atoms. The maximum atomic E-state index is 13.7. The van der Waals surface area contributed by atoms with E-state index in [4.69, 9.17) is 0 Å². The van der Waals surface area contributed by atoms with Crippen LogP contribution in [0, 0.1) is 11.6 Å². The average molecular weight is 300 g/mol. The summed E-state index contributed by atoms with van der Waals surface area (Å²) in [6.07, 6.45) is 2.39. The number of rotatable bonds is 4. The van der Waals surface area contributed by atoms with Crippen LogP contribution in [0.2, 0.25) is 0 Å². The van der Waals surface area contributed by atoms with E-state index in [0.29, 0.717) is 6.42 Å². The van der Waals surface area contributed by atoms with Gasteiger partial charge in [-0.3, -0.25) is 9.59 Å². The molecule has 0 radical (unpaired) electrons. The molecule has 1 unspecified atom stereocenters. The summed E-state index contributed by atoms with van der Waals surface area (Å²) in [7, 11) is 0. The molecule has 1 saturated heterocycles. The molecule has 2 rings (SSSR count). The summed E-state index contributed by atoms with van der Waals surface area (Å²) in [4.78, 5) is 23.8. The lowest BCUT2D eigenvalue weighted by atomic mass is 10.0. The second kappa shape index (κ2) is 6.21. The van der Waals surface area contributed by atoms with Crippen LogP contribution in [-0.2, 0) is 9.59 Å². The fourth-order valence-electron chi connectivity index (χ4n) is 2.02. The zero-order valence-corrected chi connectivity index (χ0v) is 11.6. The summed E-state index contributed by atoms with van der Waals surface area (Å²) in [6, 6.07) is 1.00. The smallest absolute Gasteiger partial charge is 0.247 e. The van der Waals surface area contributed by atoms with Crippen LogP contribution in [-0.4, -0.2) is 29.9 Å². The summed E-state index contributed by atoms with van der Waals surface area (Å²) >= 11 is 1.56. The lowest BCUT2D eigenvalue weighted by Gasteiger charge is -2.29. The molecule has 1 heterocycles. The van der Waals surface area contributed by atoms with Crippen molar-refractivity contribution in [1.29, 1.82) is 0 Å². The monoisotopic (exact) mass is 300 g/mol. The Hall–Kier alpha value is -1.63. The van der Waals surface area contributed by atoms with Crippen molar-refractivity contribution in [1.82, 2.24) is 10.6 Å². The highest BCUT2D eigenvalue weighted by Crippen LogP contribution is 2.21. The minimum absolute atomic E-state index is 0.167. The minimum atomic E-state index is -1.19. The van der Waals surface area contributed by atoms with E-state index in [-0.39, 0.29) is 11.5 Å². The maximum Gasteiger partial charge on any atom is 0.247 e. The zero-order valence-electron chi connectivity index (χ0n) is 10.8. The summed E-state index contributed by atoms with van der Waals surface area (Å²) in [5.74, 6) is -1.58. The van der Waals surface area contributed by atoms with Gasteiger partial charge >= 0.3 is 0 Å². The second-order valence-electron chi connectivity index (χ2n) is 4.45. The lowest BCUT2D eigenvalue weighted by molar-refractivity contribution is -0.137. The van der Waals surface area contributed by atoms with Gasteiger partial charge in [0.15, 0.2) is 0 Å². The van der Waals surface area contributed by atoms with E-state index in [1.807, 2.05) is 6.26 Å². The highest BCUT2D eigenvalue weighted by atomic mass is 32.2. The van der Waals surface area contributed by atoms with Gasteiger partial charge in [0, 0.05) is 5.56 Å². The number of benzene rings is 1. The fourth-order valence-corrected chi connectivity index (χ4v) is 2.49. The van der Waals surface area contributed by atoms with E-state index in [2.05, 4.69) is 10.6 Å². The number of carbonyl (C=O) groups excluding carboxylic acids is 2. The maximum absolute atomic E-state index is 13.7. The van der Waals surface area contributed by atoms with Crippen molar-refractivity contribution in [3.05, 3.63) is 35.4 Å². The largest absolute Gasteiger partial charge is 0.342 e. The Morgan fingerprint density at radius 2 is 1.95 bits per heavy atom. The van der Waals surface area contributed by atoms with Gasteiger partial charge in [-0.1, -0.05) is 0 Å². The van der Waals surface area contributed by atoms with Gasteiger partial charge in [-0.25, -0.2) is 8.78 Å². The van der Waals surface area contributed by atoms with Crippen LogP contribution in [0.15, 0.2) is 18.2 Å². The third kappa shape index (κ3) is 3.09. The molecule has 4 nitrogen and oxygen atoms in total. The van der Waals surface area contributed by atoms with Gasteiger partial charge in [0.25, 0.3) is 0 Å². The van der Waals surface area contributed by atoms with Crippen LogP contribution in [0.1, 0.15) is 18.0 Å². The first kappa shape index (κ1) is 14.8. The summed E-state index contributed by atoms with van der Waals surface area (Å²) in [6.45, 7) is 0. The Bertz CT molecular complexity index is 539. The Balaban J connectivity index is 2.17. The summed E-state index contributed by atoms with van der Waals surface area (Å²) in [5, 5.41) is 4.99. The summed E-state index contributed by atoms with van der Waals surface area (Å²) in [5.41, 5.74) is -0.167. The fraction of sp³-hybridized carbons (Fsp3) is 0.385. The van der Waals surface area contributed by atoms with Crippen molar-refractivity contribution in [3.63, 3.8) is 0 Å². The van der Waals surface area contributed by atoms with Gasteiger partial charge in [-0.15, -0.1) is 0 Å². The van der Waals surface area contributed by atoms with Crippen LogP contribution in [0.3, 0.4) is 0 Å². The Labute approximate surface area is 119 Å². The summed E-state index contributed by atoms with van der Waals surface area (Å²) < 4.78 is 26.8. The standard InChI is InChI=1S/C13H14F2N2O2S/c1-20-5-4-10-12(18)17-11(13(19)16-10)8-6-7(14)2-3-9(8)15/h2-3,6,10-11H,4-5H2,1H3,(H,16,19)(H,17,18)/t10-,11?/m0/s1. The van der Waals surface area contributed by atoms with E-state index in [0.717, 1.165) is 24.0 Å². The highest BCUT2D eigenvalue weighted by Gasteiger charge is 2.35. The number of carbonyl (C=O) groups is 2. The second-order valence-corrected chi connectivity index (χ2v) is 5.44. The third-order valence-corrected chi connectivity index (χ3v) is 3.71. The predicted octanol–water partition coefficient (Wildman–Crippen LogP) is 1.37. The van der Waals surface area contributed by atoms with Crippen LogP contribution in [0.5, 0.6) is 0 Å². The number of thioether (sulfide) groups is 1. The van der Waals surface area contributed by atoms with Crippen molar-refractivity contribution in [2.45, 2.75) is 18.5 Å². The first-order chi connectivity index (χ1) is 9.52. The van der Waals surface area contributed by atoms with Crippen LogP contribution in [0.25, 0.3) is 0 Å². The van der Waals surface area contributed by atoms with Gasteiger partial charge in [0.2, 0.25) is 11.8 Å². The first-order valence-electron chi connectivity index (χ1n) is 6.07. The number of amides is 2. The molecule has 0 aromatic heterocycles. The van der Waals surface area contributed by atoms with Gasteiger partial charge in [-0.05, 0) is 36.6 Å². The Morgan fingerprint density at radius 3 is 2.65 bits per heavy atom. The number of hydrogen-bond acceptors (Lipinski definition) is 3. The van der Waals surface area contributed by atoms with Gasteiger partial charge in [-0.2, -0.15) is 11.8 Å². The van der Waals surface area contributed by atoms with Crippen molar-refractivity contribution < 1.29 is 18.4 Å². The van der Waals surface area contributed by atoms with Crippen LogP contribution < -0.4 is 10.6 Å². The molecule has 2 N–H and O–H groups in total. The molecular formula is C13H14F2N2O2S. The van der Waals surface area contributed by atoms with Gasteiger partial charge in [0.05, 0.1) is 0 Å². The first-order valence-corrected chi connectivity index (χ1v) is 7.47. The number of halogens is 2. The van der Waals surface area contributed by atoms with Crippen LogP contribution >= 0.6 is 11.8 Å². The zero-order chi connectivity index (χ0) is 14.7. The van der Waals surface area contributed by atoms with E-state index >= 15 is 0 Å². The van der Waals surface area contributed by atoms with Gasteiger partial charge < -0.3 is 10.6 Å². The van der Waals surface area contributed by atoms with Crippen LogP contribution in [0.4, 0.5) is 8.78 Å². The van der Waals surface area contributed by atoms with Crippen molar-refractivity contribution >= 4 is 23.6 Å². The van der Waals surface area contributed by atoms with E-state index in [1.54, 1.807) is 11.8 Å². The number of nitrogens with one attached hydrogen (secondary N) is 2. The quantitative estimate of drug-likeness (QED) is 0.883. The normalized spacial score (nSPS) is 22.4. The molecule has 20 heavy (non-hydrogen) atoms. The van der Waals surface area contributed by atoms with Crippen molar-refractivity contribution in [2.75, 3.05) is 12.0 Å². The highest BCUT2D eigenvalue weighted by molar-refractivity contribution is 7.98. The molecule has 1 aromatic carbocycles. The van der Waals surface area contributed by atoms with Gasteiger partial charge in [0.1, 0.15) is 23.7 Å². The molecule has 2 amide bonds. The topological polar surface area (TPSA) is 58.2 Å². The molecule has 108 valence electrons. The lowest BCUT2D eigenvalue weighted by Crippen LogP contribution is -2.57. The van der Waals surface area contributed by atoms with E-state index in [9.17, 15) is 18.4 Å². The van der Waals surface area contributed by atoms with E-state index < -0.39 is 29.6 Å². The number of hydrogen-bond donors (Lipinski definition) is 2. The molecule has 1 fully saturated rings. The predicted molar refractivity (Wildman–Crippen MR) is 72.2 cm³/mol. The molecule has 1 aliphatic rings. The molecule has 0 aliphatic carbocycles.